The molecular formula is C17H18ClN3O2. The van der Waals surface area contributed by atoms with Crippen LogP contribution in [0.25, 0.3) is 0 Å². The third kappa shape index (κ3) is 3.35. The van der Waals surface area contributed by atoms with Gasteiger partial charge in [-0.05, 0) is 28.8 Å². The van der Waals surface area contributed by atoms with E-state index in [1.165, 1.54) is 23.3 Å². The highest BCUT2D eigenvalue weighted by molar-refractivity contribution is 5.86. The molecule has 6 heteroatoms. The molecule has 0 saturated heterocycles. The zero-order chi connectivity index (χ0) is 15.7. The van der Waals surface area contributed by atoms with Gasteiger partial charge in [0.25, 0.3) is 5.69 Å². The van der Waals surface area contributed by atoms with Crippen LogP contribution >= 0.6 is 12.4 Å². The first-order valence-electron chi connectivity index (χ1n) is 7.12. The SMILES string of the molecule is CN(C)C1=NC(c2ccc([N+](=O)[O-])cc2)c2ccccc2C1.Cl. The van der Waals surface area contributed by atoms with E-state index in [1.807, 2.05) is 31.1 Å². The number of nitro groups is 1. The maximum Gasteiger partial charge on any atom is 0.269 e. The van der Waals surface area contributed by atoms with Crippen LogP contribution in [0.5, 0.6) is 0 Å². The molecule has 0 fully saturated rings. The smallest absolute Gasteiger partial charge is 0.269 e. The van der Waals surface area contributed by atoms with Crippen LogP contribution in [0.15, 0.2) is 53.5 Å². The molecule has 0 radical (unpaired) electrons. The normalized spacial score (nSPS) is 15.9. The van der Waals surface area contributed by atoms with E-state index < -0.39 is 0 Å². The summed E-state index contributed by atoms with van der Waals surface area (Å²) in [4.78, 5) is 17.3. The van der Waals surface area contributed by atoms with Gasteiger partial charge in [0.1, 0.15) is 11.9 Å². The summed E-state index contributed by atoms with van der Waals surface area (Å²) >= 11 is 0. The standard InChI is InChI=1S/C17H17N3O2.ClH/c1-19(2)16-11-13-5-3-4-6-15(13)17(18-16)12-7-9-14(10-8-12)20(21)22;/h3-10,17H,11H2,1-2H3;1H. The van der Waals surface area contributed by atoms with Gasteiger partial charge >= 0.3 is 0 Å². The van der Waals surface area contributed by atoms with Crippen LogP contribution in [0, 0.1) is 10.1 Å². The van der Waals surface area contributed by atoms with Gasteiger partial charge in [-0.15, -0.1) is 12.4 Å². The Bertz CT molecular complexity index is 742. The predicted octanol–water partition coefficient (Wildman–Crippen LogP) is 3.62. The molecule has 1 atom stereocenters. The fourth-order valence-corrected chi connectivity index (χ4v) is 2.70. The number of nitro benzene ring substituents is 1. The summed E-state index contributed by atoms with van der Waals surface area (Å²) in [6.07, 6.45) is 0.812. The summed E-state index contributed by atoms with van der Waals surface area (Å²) in [5.74, 6) is 1.02. The minimum Gasteiger partial charge on any atom is -0.366 e. The number of halogens is 1. The van der Waals surface area contributed by atoms with E-state index in [9.17, 15) is 10.1 Å². The Morgan fingerprint density at radius 2 is 1.78 bits per heavy atom. The number of hydrogen-bond acceptors (Lipinski definition) is 4. The number of benzene rings is 2. The summed E-state index contributed by atoms with van der Waals surface area (Å²) in [7, 11) is 3.97. The molecule has 0 aromatic heterocycles. The van der Waals surface area contributed by atoms with Crippen molar-refractivity contribution in [3.05, 3.63) is 75.3 Å². The van der Waals surface area contributed by atoms with E-state index in [0.29, 0.717) is 0 Å². The van der Waals surface area contributed by atoms with Gasteiger partial charge in [0, 0.05) is 32.6 Å². The third-order valence-electron chi connectivity index (χ3n) is 3.91. The largest absolute Gasteiger partial charge is 0.366 e. The summed E-state index contributed by atoms with van der Waals surface area (Å²) in [5.41, 5.74) is 3.49. The van der Waals surface area contributed by atoms with E-state index in [1.54, 1.807) is 12.1 Å². The van der Waals surface area contributed by atoms with Crippen molar-refractivity contribution in [1.82, 2.24) is 4.90 Å². The van der Waals surface area contributed by atoms with Crippen molar-refractivity contribution in [3.8, 4) is 0 Å². The molecule has 3 rings (SSSR count). The second-order valence-corrected chi connectivity index (χ2v) is 5.57. The van der Waals surface area contributed by atoms with Crippen molar-refractivity contribution >= 4 is 23.9 Å². The highest BCUT2D eigenvalue weighted by Crippen LogP contribution is 2.33. The number of amidine groups is 1. The summed E-state index contributed by atoms with van der Waals surface area (Å²) in [5, 5.41) is 10.8. The lowest BCUT2D eigenvalue weighted by Gasteiger charge is -2.27. The number of hydrogen-bond donors (Lipinski definition) is 0. The molecular weight excluding hydrogens is 314 g/mol. The van der Waals surface area contributed by atoms with E-state index >= 15 is 0 Å². The number of non-ortho nitro benzene ring substituents is 1. The van der Waals surface area contributed by atoms with Crippen LogP contribution in [0.2, 0.25) is 0 Å². The van der Waals surface area contributed by atoms with Gasteiger partial charge in [0.15, 0.2) is 0 Å². The van der Waals surface area contributed by atoms with Crippen molar-refractivity contribution in [2.45, 2.75) is 12.5 Å². The second kappa shape index (κ2) is 6.79. The molecule has 1 aliphatic heterocycles. The summed E-state index contributed by atoms with van der Waals surface area (Å²) in [6, 6.07) is 14.8. The highest BCUT2D eigenvalue weighted by Gasteiger charge is 2.24. The van der Waals surface area contributed by atoms with Gasteiger partial charge < -0.3 is 4.90 Å². The molecule has 0 aliphatic carbocycles. The highest BCUT2D eigenvalue weighted by atomic mass is 35.5. The van der Waals surface area contributed by atoms with Crippen LogP contribution < -0.4 is 0 Å². The minimum absolute atomic E-state index is 0. The van der Waals surface area contributed by atoms with E-state index in [-0.39, 0.29) is 29.1 Å². The first kappa shape index (κ1) is 17.0. The molecule has 5 nitrogen and oxygen atoms in total. The lowest BCUT2D eigenvalue weighted by atomic mass is 9.90. The van der Waals surface area contributed by atoms with Gasteiger partial charge in [-0.25, -0.2) is 0 Å². The van der Waals surface area contributed by atoms with Crippen molar-refractivity contribution in [3.63, 3.8) is 0 Å². The average Bonchev–Trinajstić information content (AvgIpc) is 2.53. The fourth-order valence-electron chi connectivity index (χ4n) is 2.70. The lowest BCUT2D eigenvalue weighted by Crippen LogP contribution is -2.28. The van der Waals surface area contributed by atoms with Crippen LogP contribution in [0.1, 0.15) is 22.7 Å². The maximum absolute atomic E-state index is 10.8. The van der Waals surface area contributed by atoms with Gasteiger partial charge in [-0.2, -0.15) is 0 Å². The van der Waals surface area contributed by atoms with E-state index in [4.69, 9.17) is 4.99 Å². The zero-order valence-electron chi connectivity index (χ0n) is 13.0. The molecule has 23 heavy (non-hydrogen) atoms. The molecule has 0 amide bonds. The fraction of sp³-hybridized carbons (Fsp3) is 0.235. The molecule has 1 aliphatic rings. The Hall–Kier alpha value is -2.40. The van der Waals surface area contributed by atoms with Gasteiger partial charge in [0.2, 0.25) is 0 Å². The number of likely N-dealkylation sites (N-methyl/N-ethyl adjacent to an activating group) is 1. The van der Waals surface area contributed by atoms with Gasteiger partial charge in [-0.1, -0.05) is 24.3 Å². The molecule has 0 spiro atoms. The van der Waals surface area contributed by atoms with Crippen LogP contribution in [0.4, 0.5) is 5.69 Å². The zero-order valence-corrected chi connectivity index (χ0v) is 13.8. The third-order valence-corrected chi connectivity index (χ3v) is 3.91. The van der Waals surface area contributed by atoms with Crippen molar-refractivity contribution < 1.29 is 4.92 Å². The number of nitrogens with zero attached hydrogens (tertiary/aromatic N) is 3. The van der Waals surface area contributed by atoms with Crippen LogP contribution in [0.3, 0.4) is 0 Å². The van der Waals surface area contributed by atoms with Crippen molar-refractivity contribution in [1.29, 1.82) is 0 Å². The monoisotopic (exact) mass is 331 g/mol. The quantitative estimate of drug-likeness (QED) is 0.623. The first-order valence-corrected chi connectivity index (χ1v) is 7.12. The Balaban J connectivity index is 0.00000192. The number of aliphatic imine (C=N–C) groups is 1. The molecule has 0 saturated carbocycles. The molecule has 0 bridgehead atoms. The molecule has 120 valence electrons. The Kier molecular flexibility index (Phi) is 5.01. The van der Waals surface area contributed by atoms with Crippen LogP contribution in [-0.4, -0.2) is 29.8 Å². The number of rotatable bonds is 2. The molecule has 1 heterocycles. The number of fused-ring (bicyclic) bond motifs is 1. The second-order valence-electron chi connectivity index (χ2n) is 5.57. The van der Waals surface area contributed by atoms with Crippen molar-refractivity contribution in [2.75, 3.05) is 14.1 Å². The summed E-state index contributed by atoms with van der Waals surface area (Å²) in [6.45, 7) is 0. The topological polar surface area (TPSA) is 58.7 Å². The molecule has 2 aromatic rings. The average molecular weight is 332 g/mol. The minimum atomic E-state index is -0.382. The predicted molar refractivity (Wildman–Crippen MR) is 93.5 cm³/mol. The molecule has 1 unspecified atom stereocenters. The van der Waals surface area contributed by atoms with Gasteiger partial charge in [-0.3, -0.25) is 15.1 Å². The van der Waals surface area contributed by atoms with E-state index in [0.717, 1.165) is 17.8 Å². The maximum atomic E-state index is 10.8. The molecule has 0 N–H and O–H groups in total. The lowest BCUT2D eigenvalue weighted by molar-refractivity contribution is -0.384. The molecule has 2 aromatic carbocycles. The summed E-state index contributed by atoms with van der Waals surface area (Å²) < 4.78 is 0. The first-order chi connectivity index (χ1) is 10.6. The van der Waals surface area contributed by atoms with Crippen molar-refractivity contribution in [2.24, 2.45) is 4.99 Å². The van der Waals surface area contributed by atoms with Gasteiger partial charge in [0.05, 0.1) is 4.92 Å². The van der Waals surface area contributed by atoms with Crippen LogP contribution in [-0.2, 0) is 6.42 Å². The Morgan fingerprint density at radius 1 is 1.13 bits per heavy atom. The Labute approximate surface area is 141 Å². The Morgan fingerprint density at radius 3 is 2.39 bits per heavy atom. The van der Waals surface area contributed by atoms with E-state index in [2.05, 4.69) is 12.1 Å².